The average molecular weight is 624 g/mol. The quantitative estimate of drug-likeness (QED) is 0.160. The van der Waals surface area contributed by atoms with E-state index in [0.717, 1.165) is 5.56 Å². The first kappa shape index (κ1) is 30.7. The normalized spacial score (nSPS) is 11.7. The van der Waals surface area contributed by atoms with Crippen LogP contribution in [0, 0.1) is 0 Å². The SMILES string of the molecule is COC(=O)Cc1ccc(-c2cc([C@H](Cc3ccccc3)NC(=O)/C=C/c3cc(Cl)ccc3-n3cnnn3)nnc2C(=O)O)cc1. The summed E-state index contributed by atoms with van der Waals surface area (Å²) in [5.41, 5.74) is 3.81. The number of hydrogen-bond acceptors (Lipinski definition) is 9. The molecule has 13 heteroatoms. The van der Waals surface area contributed by atoms with Crippen molar-refractivity contribution in [1.29, 1.82) is 0 Å². The molecular weight excluding hydrogens is 598 g/mol. The Hall–Kier alpha value is -5.75. The number of methoxy groups -OCH3 is 1. The maximum Gasteiger partial charge on any atom is 0.357 e. The molecule has 5 rings (SSSR count). The molecule has 2 aromatic heterocycles. The van der Waals surface area contributed by atoms with Crippen LogP contribution in [-0.4, -0.2) is 60.5 Å². The number of carbonyl (C=O) groups is 3. The van der Waals surface area contributed by atoms with Crippen molar-refractivity contribution in [3.63, 3.8) is 0 Å². The second-order valence-electron chi connectivity index (χ2n) is 9.83. The Morgan fingerprint density at radius 1 is 1.00 bits per heavy atom. The summed E-state index contributed by atoms with van der Waals surface area (Å²) in [5, 5.41) is 32.8. The Bertz CT molecular complexity index is 1850. The van der Waals surface area contributed by atoms with Crippen LogP contribution in [0.3, 0.4) is 0 Å². The van der Waals surface area contributed by atoms with Crippen LogP contribution >= 0.6 is 11.6 Å². The Morgan fingerprint density at radius 3 is 2.47 bits per heavy atom. The molecule has 3 aromatic carbocycles. The number of aromatic carboxylic acids is 1. The fourth-order valence-corrected chi connectivity index (χ4v) is 4.78. The fourth-order valence-electron chi connectivity index (χ4n) is 4.60. The third-order valence-electron chi connectivity index (χ3n) is 6.81. The molecule has 2 heterocycles. The van der Waals surface area contributed by atoms with Gasteiger partial charge in [-0.1, -0.05) is 66.2 Å². The number of hydrogen-bond donors (Lipinski definition) is 2. The zero-order valence-electron chi connectivity index (χ0n) is 23.9. The van der Waals surface area contributed by atoms with Gasteiger partial charge in [-0.05, 0) is 63.9 Å². The first-order chi connectivity index (χ1) is 21.8. The summed E-state index contributed by atoms with van der Waals surface area (Å²) < 4.78 is 6.18. The van der Waals surface area contributed by atoms with Crippen LogP contribution in [-0.2, 0) is 27.2 Å². The van der Waals surface area contributed by atoms with E-state index in [9.17, 15) is 19.5 Å². The number of aromatic nitrogens is 6. The van der Waals surface area contributed by atoms with Gasteiger partial charge in [0.15, 0.2) is 5.69 Å². The van der Waals surface area contributed by atoms with E-state index >= 15 is 0 Å². The van der Waals surface area contributed by atoms with Crippen LogP contribution in [0.25, 0.3) is 22.9 Å². The third kappa shape index (κ3) is 7.80. The monoisotopic (exact) mass is 623 g/mol. The van der Waals surface area contributed by atoms with E-state index in [2.05, 4.69) is 31.0 Å². The molecule has 0 spiro atoms. The number of tetrazole rings is 1. The average Bonchev–Trinajstić information content (AvgIpc) is 3.59. The molecule has 0 aliphatic carbocycles. The van der Waals surface area contributed by atoms with Gasteiger partial charge in [0.1, 0.15) is 6.33 Å². The number of benzene rings is 3. The predicted octanol–water partition coefficient (Wildman–Crippen LogP) is 4.30. The van der Waals surface area contributed by atoms with Gasteiger partial charge in [0.25, 0.3) is 0 Å². The molecule has 0 bridgehead atoms. The van der Waals surface area contributed by atoms with Crippen LogP contribution in [0.2, 0.25) is 5.02 Å². The summed E-state index contributed by atoms with van der Waals surface area (Å²) in [6.07, 6.45) is 4.82. The lowest BCUT2D eigenvalue weighted by Crippen LogP contribution is -2.29. The summed E-state index contributed by atoms with van der Waals surface area (Å²) >= 11 is 6.21. The van der Waals surface area contributed by atoms with E-state index in [4.69, 9.17) is 16.3 Å². The molecule has 0 aliphatic rings. The number of rotatable bonds is 11. The van der Waals surface area contributed by atoms with Crippen LogP contribution in [0.4, 0.5) is 0 Å². The van der Waals surface area contributed by atoms with E-state index in [1.165, 1.54) is 24.2 Å². The molecule has 0 fully saturated rings. The topological polar surface area (TPSA) is 162 Å². The van der Waals surface area contributed by atoms with E-state index in [1.54, 1.807) is 54.6 Å². The fraction of sp³-hybridized carbons (Fsp3) is 0.125. The van der Waals surface area contributed by atoms with Gasteiger partial charge in [0.2, 0.25) is 5.91 Å². The minimum absolute atomic E-state index is 0.0769. The second kappa shape index (κ2) is 14.1. The van der Waals surface area contributed by atoms with Crippen LogP contribution in [0.15, 0.2) is 91.3 Å². The van der Waals surface area contributed by atoms with Crippen molar-refractivity contribution in [3.8, 4) is 16.8 Å². The van der Waals surface area contributed by atoms with E-state index in [0.29, 0.717) is 45.1 Å². The summed E-state index contributed by atoms with van der Waals surface area (Å²) in [7, 11) is 1.31. The first-order valence-electron chi connectivity index (χ1n) is 13.6. The lowest BCUT2D eigenvalue weighted by Gasteiger charge is -2.19. The number of halogens is 1. The van der Waals surface area contributed by atoms with Crippen LogP contribution in [0.5, 0.6) is 0 Å². The molecular formula is C32H26ClN7O5. The summed E-state index contributed by atoms with van der Waals surface area (Å²) in [5.74, 6) is -2.08. The zero-order valence-corrected chi connectivity index (χ0v) is 24.6. The van der Waals surface area contributed by atoms with Gasteiger partial charge in [0, 0.05) is 22.2 Å². The molecule has 1 amide bonds. The van der Waals surface area contributed by atoms with Crippen LogP contribution < -0.4 is 5.32 Å². The van der Waals surface area contributed by atoms with Gasteiger partial charge in [-0.2, -0.15) is 9.78 Å². The largest absolute Gasteiger partial charge is 0.476 e. The Kier molecular flexibility index (Phi) is 9.65. The van der Waals surface area contributed by atoms with E-state index < -0.39 is 23.9 Å². The summed E-state index contributed by atoms with van der Waals surface area (Å²) in [6.45, 7) is 0. The van der Waals surface area contributed by atoms with Gasteiger partial charge in [0.05, 0.1) is 31.0 Å². The maximum atomic E-state index is 13.3. The van der Waals surface area contributed by atoms with Crippen molar-refractivity contribution in [2.24, 2.45) is 0 Å². The number of amides is 1. The molecule has 12 nitrogen and oxygen atoms in total. The van der Waals surface area contributed by atoms with Gasteiger partial charge in [-0.25, -0.2) is 4.79 Å². The molecule has 2 N–H and O–H groups in total. The number of esters is 1. The van der Waals surface area contributed by atoms with Crippen molar-refractivity contribution in [2.75, 3.05) is 7.11 Å². The van der Waals surface area contributed by atoms with Crippen LogP contribution in [0.1, 0.15) is 38.9 Å². The predicted molar refractivity (Wildman–Crippen MR) is 164 cm³/mol. The molecule has 0 saturated carbocycles. The number of carbonyl (C=O) groups excluding carboxylic acids is 2. The standard InChI is InChI=1S/C32H26ClN7O5/c1-45-30(42)16-21-7-9-22(10-8-21)25-18-27(36-37-31(25)32(43)44)26(15-20-5-3-2-4-6-20)35-29(41)14-11-23-17-24(33)12-13-28(23)40-19-34-38-39-40/h2-14,17-19,26H,15-16H2,1H3,(H,35,41)(H,43,44)/b14-11+/t26-/m0/s1. The Labute approximate surface area is 262 Å². The van der Waals surface area contributed by atoms with Gasteiger partial charge >= 0.3 is 11.9 Å². The molecule has 5 aromatic rings. The molecule has 0 radical (unpaired) electrons. The van der Waals surface area contributed by atoms with E-state index in [-0.39, 0.29) is 12.1 Å². The Morgan fingerprint density at radius 2 is 1.78 bits per heavy atom. The molecule has 45 heavy (non-hydrogen) atoms. The van der Waals surface area contributed by atoms with Crippen molar-refractivity contribution in [2.45, 2.75) is 18.9 Å². The first-order valence-corrected chi connectivity index (χ1v) is 14.0. The minimum atomic E-state index is -1.26. The highest BCUT2D eigenvalue weighted by molar-refractivity contribution is 6.30. The second-order valence-corrected chi connectivity index (χ2v) is 10.3. The van der Waals surface area contributed by atoms with Crippen molar-refractivity contribution < 1.29 is 24.2 Å². The molecule has 1 atom stereocenters. The number of ether oxygens (including phenoxy) is 1. The minimum Gasteiger partial charge on any atom is -0.476 e. The maximum absolute atomic E-state index is 13.3. The van der Waals surface area contributed by atoms with Gasteiger partial charge < -0.3 is 15.2 Å². The number of nitrogens with zero attached hydrogens (tertiary/aromatic N) is 6. The smallest absolute Gasteiger partial charge is 0.357 e. The zero-order chi connectivity index (χ0) is 31.8. The molecule has 0 unspecified atom stereocenters. The van der Waals surface area contributed by atoms with Crippen molar-refractivity contribution >= 4 is 35.5 Å². The third-order valence-corrected chi connectivity index (χ3v) is 7.05. The Balaban J connectivity index is 1.46. The van der Waals surface area contributed by atoms with Crippen molar-refractivity contribution in [1.82, 2.24) is 35.7 Å². The summed E-state index contributed by atoms with van der Waals surface area (Å²) in [4.78, 5) is 37.1. The highest BCUT2D eigenvalue weighted by atomic mass is 35.5. The lowest BCUT2D eigenvalue weighted by atomic mass is 9.97. The molecule has 0 saturated heterocycles. The van der Waals surface area contributed by atoms with Crippen molar-refractivity contribution in [3.05, 3.63) is 124 Å². The molecule has 0 aliphatic heterocycles. The highest BCUT2D eigenvalue weighted by Crippen LogP contribution is 2.27. The van der Waals surface area contributed by atoms with Gasteiger partial charge in [-0.15, -0.1) is 10.2 Å². The number of nitrogens with one attached hydrogen (secondary N) is 1. The van der Waals surface area contributed by atoms with E-state index in [1.807, 2.05) is 30.3 Å². The van der Waals surface area contributed by atoms with Gasteiger partial charge in [-0.3, -0.25) is 9.59 Å². The lowest BCUT2D eigenvalue weighted by molar-refractivity contribution is -0.139. The summed E-state index contributed by atoms with van der Waals surface area (Å²) in [6, 6.07) is 22.4. The number of carboxylic acids is 1. The molecule has 226 valence electrons. The number of carboxylic acid groups (broad SMARTS) is 1. The highest BCUT2D eigenvalue weighted by Gasteiger charge is 2.22.